The van der Waals surface area contributed by atoms with E-state index in [-0.39, 0.29) is 17.0 Å². The molecule has 0 atom stereocenters. The molecule has 0 aliphatic carbocycles. The fraction of sp³-hybridized carbons (Fsp3) is 1.00. The molecule has 3 nitrogen and oxygen atoms in total. The van der Waals surface area contributed by atoms with Crippen molar-refractivity contribution in [2.24, 2.45) is 17.8 Å². The molecule has 0 saturated heterocycles. The Morgan fingerprint density at radius 1 is 0.647 bits per heavy atom. The van der Waals surface area contributed by atoms with Crippen molar-refractivity contribution in [1.29, 1.82) is 0 Å². The molecule has 0 radical (unpaired) electrons. The second-order valence-corrected chi connectivity index (χ2v) is 7.50. The van der Waals surface area contributed by atoms with Crippen molar-refractivity contribution in [3.05, 3.63) is 0 Å². The van der Waals surface area contributed by atoms with Gasteiger partial charge in [0.15, 0.2) is 0 Å². The Bertz CT molecular complexity index is 137. The topological polar surface area (TPSA) is 27.7 Å². The Balaban J connectivity index is 0. The molecule has 105 valence electrons. The van der Waals surface area contributed by atoms with Crippen molar-refractivity contribution in [2.45, 2.75) is 41.5 Å². The molecule has 0 N–H and O–H groups in total. The standard InChI is InChI=1S/3C4H9O.BrH.Ti/c3*1-4(2)3-5;;/h3*4H,3H2,1-2H3;1H;/q3*-1;;+3. The molecule has 0 heterocycles. The monoisotopic (exact) mass is 347 g/mol. The average molecular weight is 348 g/mol. The van der Waals surface area contributed by atoms with E-state index in [4.69, 9.17) is 9.96 Å². The van der Waals surface area contributed by atoms with Crippen LogP contribution in [-0.4, -0.2) is 19.8 Å². The number of hydrogen-bond donors (Lipinski definition) is 0. The van der Waals surface area contributed by atoms with Gasteiger partial charge in [0, 0.05) is 0 Å². The molecule has 5 heteroatoms. The van der Waals surface area contributed by atoms with E-state index >= 15 is 0 Å². The molecule has 0 aromatic rings. The van der Waals surface area contributed by atoms with Gasteiger partial charge in [-0.2, -0.15) is 0 Å². The van der Waals surface area contributed by atoms with E-state index in [1.807, 2.05) is 0 Å². The van der Waals surface area contributed by atoms with Crippen LogP contribution in [0.25, 0.3) is 0 Å². The third-order valence-corrected chi connectivity index (χ3v) is 3.49. The van der Waals surface area contributed by atoms with Gasteiger partial charge in [-0.15, -0.1) is 17.0 Å². The summed E-state index contributed by atoms with van der Waals surface area (Å²) >= 11 is -2.18. The third kappa shape index (κ3) is 15.0. The van der Waals surface area contributed by atoms with Gasteiger partial charge >= 0.3 is 108 Å². The molecule has 0 spiro atoms. The molecule has 0 aromatic heterocycles. The van der Waals surface area contributed by atoms with Crippen LogP contribution >= 0.6 is 17.0 Å². The van der Waals surface area contributed by atoms with E-state index in [0.717, 1.165) is 19.8 Å². The summed E-state index contributed by atoms with van der Waals surface area (Å²) in [5, 5.41) is 0. The molecule has 0 unspecified atom stereocenters. The summed E-state index contributed by atoms with van der Waals surface area (Å²) in [4.78, 5) is 0. The van der Waals surface area contributed by atoms with E-state index in [0.29, 0.717) is 17.8 Å². The van der Waals surface area contributed by atoms with Gasteiger partial charge in [-0.25, -0.2) is 0 Å². The van der Waals surface area contributed by atoms with Crippen molar-refractivity contribution in [1.82, 2.24) is 0 Å². The van der Waals surface area contributed by atoms with Crippen LogP contribution in [0, 0.1) is 17.8 Å². The third-order valence-electron chi connectivity index (χ3n) is 1.60. The van der Waals surface area contributed by atoms with Crippen molar-refractivity contribution < 1.29 is 29.0 Å². The SMILES string of the molecule is Br.CC(C)C[O][Ti]([O]CC(C)C)[O]CC(C)C. The minimum absolute atomic E-state index is 0. The van der Waals surface area contributed by atoms with E-state index in [9.17, 15) is 0 Å². The summed E-state index contributed by atoms with van der Waals surface area (Å²) < 4.78 is 17.2. The van der Waals surface area contributed by atoms with Crippen molar-refractivity contribution >= 4 is 17.0 Å². The Morgan fingerprint density at radius 2 is 0.882 bits per heavy atom. The summed E-state index contributed by atoms with van der Waals surface area (Å²) in [6.45, 7) is 15.1. The first-order chi connectivity index (χ1) is 7.41. The molecule has 0 rings (SSSR count). The molecular formula is C12H28BrO3Ti. The second kappa shape index (κ2) is 12.1. The fourth-order valence-electron chi connectivity index (χ4n) is 0.829. The molecule has 0 amide bonds. The molecule has 17 heavy (non-hydrogen) atoms. The minimum atomic E-state index is -2.18. The van der Waals surface area contributed by atoms with Crippen molar-refractivity contribution in [2.75, 3.05) is 19.8 Å². The maximum atomic E-state index is 5.73. The van der Waals surface area contributed by atoms with Gasteiger partial charge in [-0.05, 0) is 0 Å². The van der Waals surface area contributed by atoms with Gasteiger partial charge in [0.05, 0.1) is 0 Å². The average Bonchev–Trinajstić information content (AvgIpc) is 2.15. The zero-order chi connectivity index (χ0) is 12.6. The normalized spacial score (nSPS) is 11.1. The van der Waals surface area contributed by atoms with Gasteiger partial charge in [-0.3, -0.25) is 0 Å². The quantitative estimate of drug-likeness (QED) is 0.591. The van der Waals surface area contributed by atoms with E-state index < -0.39 is 19.0 Å². The Hall–Kier alpha value is 1.07. The van der Waals surface area contributed by atoms with E-state index in [2.05, 4.69) is 41.5 Å². The second-order valence-electron chi connectivity index (χ2n) is 5.36. The summed E-state index contributed by atoms with van der Waals surface area (Å²) in [6, 6.07) is 0. The van der Waals surface area contributed by atoms with Crippen LogP contribution in [0.5, 0.6) is 0 Å². The molecule has 0 bridgehead atoms. The number of rotatable bonds is 9. The van der Waals surface area contributed by atoms with Crippen LogP contribution in [0.4, 0.5) is 0 Å². The summed E-state index contributed by atoms with van der Waals surface area (Å²) in [5.41, 5.74) is 0. The van der Waals surface area contributed by atoms with Crippen LogP contribution in [0.1, 0.15) is 41.5 Å². The van der Waals surface area contributed by atoms with Crippen molar-refractivity contribution in [3.63, 3.8) is 0 Å². The van der Waals surface area contributed by atoms with Crippen LogP contribution in [0.15, 0.2) is 0 Å². The van der Waals surface area contributed by atoms with Gasteiger partial charge in [0.1, 0.15) is 0 Å². The first-order valence-electron chi connectivity index (χ1n) is 6.17. The number of halogens is 1. The van der Waals surface area contributed by atoms with Crippen LogP contribution < -0.4 is 0 Å². The maximum absolute atomic E-state index is 5.73. The zero-order valence-electron chi connectivity index (χ0n) is 12.0. The molecule has 0 aliphatic rings. The van der Waals surface area contributed by atoms with Crippen LogP contribution in [0.3, 0.4) is 0 Å². The predicted octanol–water partition coefficient (Wildman–Crippen LogP) is 3.95. The molecular weight excluding hydrogens is 320 g/mol. The van der Waals surface area contributed by atoms with Gasteiger partial charge in [0.25, 0.3) is 0 Å². The van der Waals surface area contributed by atoms with Crippen LogP contribution in [-0.2, 0) is 29.0 Å². The Morgan fingerprint density at radius 3 is 1.06 bits per heavy atom. The summed E-state index contributed by atoms with van der Waals surface area (Å²) in [6.07, 6.45) is 0. The number of hydrogen-bond acceptors (Lipinski definition) is 3. The van der Waals surface area contributed by atoms with Gasteiger partial charge < -0.3 is 0 Å². The summed E-state index contributed by atoms with van der Waals surface area (Å²) in [7, 11) is 0. The molecule has 0 aliphatic heterocycles. The Kier molecular flexibility index (Phi) is 14.5. The zero-order valence-corrected chi connectivity index (χ0v) is 15.3. The predicted molar refractivity (Wildman–Crippen MR) is 72.7 cm³/mol. The van der Waals surface area contributed by atoms with Crippen LogP contribution in [0.2, 0.25) is 0 Å². The summed E-state index contributed by atoms with van der Waals surface area (Å²) in [5.74, 6) is 1.60. The molecule has 0 saturated carbocycles. The fourth-order valence-corrected chi connectivity index (χ4v) is 3.42. The Labute approximate surface area is 125 Å². The first-order valence-corrected chi connectivity index (χ1v) is 8.08. The first kappa shape index (κ1) is 20.4. The van der Waals surface area contributed by atoms with Gasteiger partial charge in [-0.1, -0.05) is 0 Å². The van der Waals surface area contributed by atoms with Crippen molar-refractivity contribution in [3.8, 4) is 0 Å². The molecule has 0 fully saturated rings. The van der Waals surface area contributed by atoms with E-state index in [1.165, 1.54) is 0 Å². The molecule has 0 aromatic carbocycles. The van der Waals surface area contributed by atoms with E-state index in [1.54, 1.807) is 0 Å². The van der Waals surface area contributed by atoms with Gasteiger partial charge in [0.2, 0.25) is 0 Å².